The molecular weight excluding hydrogens is 244 g/mol. The Balaban J connectivity index is 2.04. The topological polar surface area (TPSA) is 62.5 Å². The maximum Gasteiger partial charge on any atom is 0.373 e. The van der Waals surface area contributed by atoms with E-state index in [1.807, 2.05) is 30.3 Å². The summed E-state index contributed by atoms with van der Waals surface area (Å²) in [5, 5.41) is 12.1. The number of hydrogen-bond donors (Lipinski definition) is 0. The normalized spacial score (nSPS) is 18.3. The van der Waals surface area contributed by atoms with Gasteiger partial charge < -0.3 is 0 Å². The molecule has 0 fully saturated rings. The van der Waals surface area contributed by atoms with E-state index in [1.54, 1.807) is 30.4 Å². The van der Waals surface area contributed by atoms with Crippen molar-refractivity contribution in [3.8, 4) is 0 Å². The van der Waals surface area contributed by atoms with E-state index >= 15 is 0 Å². The van der Waals surface area contributed by atoms with Crippen LogP contribution in [0.4, 0.5) is 5.82 Å². The zero-order valence-corrected chi connectivity index (χ0v) is 10.3. The molecule has 6 heteroatoms. The lowest BCUT2D eigenvalue weighted by Gasteiger charge is -2.21. The molecule has 0 saturated heterocycles. The molecule has 1 atom stereocenters. The van der Waals surface area contributed by atoms with Crippen molar-refractivity contribution in [1.82, 2.24) is 9.88 Å². The quantitative estimate of drug-likeness (QED) is 0.607. The minimum Gasteiger partial charge on any atom is -0.299 e. The fourth-order valence-electron chi connectivity index (χ4n) is 2.17. The monoisotopic (exact) mass is 256 g/mol. The molecule has 0 N–H and O–H groups in total. The molecule has 1 aliphatic heterocycles. The minimum absolute atomic E-state index is 0.336. The second kappa shape index (κ2) is 4.24. The molecule has 0 aliphatic carbocycles. The molecule has 6 nitrogen and oxygen atoms in total. The Labute approximate surface area is 109 Å². The van der Waals surface area contributed by atoms with Gasteiger partial charge in [-0.3, -0.25) is 15.0 Å². The number of nitro groups is 1. The first kappa shape index (κ1) is 11.5. The molecule has 1 aromatic heterocycles. The number of nitrogens with zero attached hydrogens (tertiary/aromatic N) is 4. The lowest BCUT2D eigenvalue weighted by molar-refractivity contribution is -0.541. The second-order valence-electron chi connectivity index (χ2n) is 4.36. The predicted octanol–water partition coefficient (Wildman–Crippen LogP) is 2.02. The van der Waals surface area contributed by atoms with Crippen LogP contribution in [-0.4, -0.2) is 28.1 Å². The third-order valence-electron chi connectivity index (χ3n) is 3.11. The van der Waals surface area contributed by atoms with E-state index in [9.17, 15) is 10.1 Å². The number of rotatable bonds is 2. The van der Waals surface area contributed by atoms with Crippen LogP contribution in [0, 0.1) is 10.1 Å². The van der Waals surface area contributed by atoms with Gasteiger partial charge in [0.05, 0.1) is 10.4 Å². The molecule has 0 bridgehead atoms. The molecule has 0 amide bonds. The Kier molecular flexibility index (Phi) is 2.56. The van der Waals surface area contributed by atoms with Crippen molar-refractivity contribution in [1.29, 1.82) is 0 Å². The Hall–Kier alpha value is -2.63. The summed E-state index contributed by atoms with van der Waals surface area (Å²) >= 11 is 0. The van der Waals surface area contributed by atoms with E-state index in [4.69, 9.17) is 0 Å². The highest BCUT2D eigenvalue weighted by Gasteiger charge is 2.35. The number of para-hydroxylation sites is 1. The van der Waals surface area contributed by atoms with Gasteiger partial charge in [-0.2, -0.15) is 0 Å². The van der Waals surface area contributed by atoms with Crippen molar-refractivity contribution in [2.45, 2.75) is 6.29 Å². The van der Waals surface area contributed by atoms with E-state index in [0.717, 1.165) is 10.9 Å². The Bertz CT molecular complexity index is 670. The van der Waals surface area contributed by atoms with Gasteiger partial charge in [-0.25, -0.2) is 9.88 Å². The van der Waals surface area contributed by atoms with Crippen LogP contribution in [0.25, 0.3) is 10.9 Å². The van der Waals surface area contributed by atoms with Crippen molar-refractivity contribution in [2.75, 3.05) is 11.9 Å². The molecular formula is C13H12N4O2. The smallest absolute Gasteiger partial charge is 0.299 e. The maximum absolute atomic E-state index is 11.1. The lowest BCUT2D eigenvalue weighted by atomic mass is 10.2. The van der Waals surface area contributed by atoms with Gasteiger partial charge in [-0.1, -0.05) is 18.2 Å². The summed E-state index contributed by atoms with van der Waals surface area (Å²) < 4.78 is 0. The first-order valence-corrected chi connectivity index (χ1v) is 5.85. The van der Waals surface area contributed by atoms with Gasteiger partial charge >= 0.3 is 6.29 Å². The van der Waals surface area contributed by atoms with Crippen molar-refractivity contribution >= 4 is 16.7 Å². The molecule has 19 heavy (non-hydrogen) atoms. The Morgan fingerprint density at radius 2 is 2.00 bits per heavy atom. The van der Waals surface area contributed by atoms with Crippen LogP contribution in [0.15, 0.2) is 48.8 Å². The van der Waals surface area contributed by atoms with Gasteiger partial charge in [0.1, 0.15) is 5.82 Å². The first-order chi connectivity index (χ1) is 9.16. The molecule has 96 valence electrons. The standard InChI is InChI=1S/C13H12N4O2/c1-15-8-9-16(13(15)17(18)19)12-7-6-10-4-2-3-5-11(10)14-12/h2-9,13H,1H3/t13-/m1/s1. The highest BCUT2D eigenvalue weighted by molar-refractivity contribution is 5.80. The molecule has 1 aromatic carbocycles. The predicted molar refractivity (Wildman–Crippen MR) is 71.9 cm³/mol. The van der Waals surface area contributed by atoms with E-state index in [0.29, 0.717) is 5.82 Å². The fourth-order valence-corrected chi connectivity index (χ4v) is 2.17. The zero-order valence-electron chi connectivity index (χ0n) is 10.3. The van der Waals surface area contributed by atoms with Gasteiger partial charge in [-0.05, 0) is 18.2 Å². The third-order valence-corrected chi connectivity index (χ3v) is 3.11. The summed E-state index contributed by atoms with van der Waals surface area (Å²) in [7, 11) is 1.67. The molecule has 0 saturated carbocycles. The molecule has 3 rings (SSSR count). The molecule has 1 aliphatic rings. The summed E-state index contributed by atoms with van der Waals surface area (Å²) in [5.74, 6) is 0.570. The lowest BCUT2D eigenvalue weighted by Crippen LogP contribution is -2.43. The van der Waals surface area contributed by atoms with Gasteiger partial charge in [0.25, 0.3) is 0 Å². The van der Waals surface area contributed by atoms with Gasteiger partial charge in [0, 0.05) is 24.8 Å². The van der Waals surface area contributed by atoms with Crippen molar-refractivity contribution < 1.29 is 4.92 Å². The Morgan fingerprint density at radius 1 is 1.21 bits per heavy atom. The van der Waals surface area contributed by atoms with E-state index in [-0.39, 0.29) is 4.92 Å². The maximum atomic E-state index is 11.1. The number of fused-ring (bicyclic) bond motifs is 1. The van der Waals surface area contributed by atoms with E-state index in [2.05, 4.69) is 4.98 Å². The van der Waals surface area contributed by atoms with E-state index < -0.39 is 6.29 Å². The number of aromatic nitrogens is 1. The van der Waals surface area contributed by atoms with Crippen LogP contribution in [0.1, 0.15) is 0 Å². The zero-order chi connectivity index (χ0) is 13.4. The molecule has 2 heterocycles. The van der Waals surface area contributed by atoms with Crippen molar-refractivity contribution in [3.05, 3.63) is 58.9 Å². The summed E-state index contributed by atoms with van der Waals surface area (Å²) in [5.41, 5.74) is 0.824. The van der Waals surface area contributed by atoms with Crippen LogP contribution in [-0.2, 0) is 0 Å². The van der Waals surface area contributed by atoms with Crippen molar-refractivity contribution in [2.24, 2.45) is 0 Å². The highest BCUT2D eigenvalue weighted by Crippen LogP contribution is 2.24. The summed E-state index contributed by atoms with van der Waals surface area (Å²) in [6, 6.07) is 11.4. The van der Waals surface area contributed by atoms with Crippen LogP contribution >= 0.6 is 0 Å². The van der Waals surface area contributed by atoms with E-state index in [1.165, 1.54) is 4.90 Å². The highest BCUT2D eigenvalue weighted by atomic mass is 16.6. The molecule has 0 unspecified atom stereocenters. The number of pyridine rings is 1. The van der Waals surface area contributed by atoms with Crippen LogP contribution < -0.4 is 4.90 Å². The van der Waals surface area contributed by atoms with Crippen LogP contribution in [0.2, 0.25) is 0 Å². The van der Waals surface area contributed by atoms with Gasteiger partial charge in [0.2, 0.25) is 0 Å². The number of anilines is 1. The summed E-state index contributed by atoms with van der Waals surface area (Å²) in [6.07, 6.45) is 2.41. The molecule has 2 aromatic rings. The minimum atomic E-state index is -0.936. The number of hydrogen-bond acceptors (Lipinski definition) is 5. The first-order valence-electron chi connectivity index (χ1n) is 5.85. The summed E-state index contributed by atoms with van der Waals surface area (Å²) in [6.45, 7) is 0. The molecule has 0 radical (unpaired) electrons. The van der Waals surface area contributed by atoms with Crippen LogP contribution in [0.3, 0.4) is 0 Å². The van der Waals surface area contributed by atoms with Crippen LogP contribution in [0.5, 0.6) is 0 Å². The second-order valence-corrected chi connectivity index (χ2v) is 4.36. The molecule has 0 spiro atoms. The SMILES string of the molecule is CN1C=CN(c2ccc3ccccc3n2)[C@@H]1[N+](=O)[O-]. The summed E-state index contributed by atoms with van der Waals surface area (Å²) in [4.78, 5) is 18.3. The average Bonchev–Trinajstić information content (AvgIpc) is 2.80. The largest absolute Gasteiger partial charge is 0.373 e. The Morgan fingerprint density at radius 3 is 2.79 bits per heavy atom. The van der Waals surface area contributed by atoms with Gasteiger partial charge in [-0.15, -0.1) is 0 Å². The number of benzene rings is 1. The fraction of sp³-hybridized carbons (Fsp3) is 0.154. The van der Waals surface area contributed by atoms with Gasteiger partial charge in [0.15, 0.2) is 0 Å². The average molecular weight is 256 g/mol. The van der Waals surface area contributed by atoms with Crippen molar-refractivity contribution in [3.63, 3.8) is 0 Å². The third kappa shape index (κ3) is 1.87.